The van der Waals surface area contributed by atoms with Crippen molar-refractivity contribution in [2.45, 2.75) is 4.90 Å². The number of hydrogen-bond acceptors (Lipinski definition) is 9. The second-order valence-corrected chi connectivity index (χ2v) is 8.53. The Balaban J connectivity index is 1.92. The highest BCUT2D eigenvalue weighted by atomic mass is 32.2. The topological polar surface area (TPSA) is 177 Å². The van der Waals surface area contributed by atoms with Gasteiger partial charge < -0.3 is 9.84 Å². The molecule has 13 heteroatoms. The van der Waals surface area contributed by atoms with E-state index in [-0.39, 0.29) is 16.9 Å². The van der Waals surface area contributed by atoms with Gasteiger partial charge in [-0.05, 0) is 35.9 Å². The van der Waals surface area contributed by atoms with Crippen molar-refractivity contribution in [3.63, 3.8) is 0 Å². The molecule has 0 heterocycles. The normalized spacial score (nSPS) is 11.1. The van der Waals surface area contributed by atoms with E-state index in [2.05, 4.69) is 20.0 Å². The predicted molar refractivity (Wildman–Crippen MR) is 126 cm³/mol. The number of benzene rings is 3. The number of non-ortho nitro benzene ring substituents is 1. The maximum atomic E-state index is 13.1. The molecule has 0 saturated heterocycles. The Morgan fingerprint density at radius 3 is 2.37 bits per heavy atom. The smallest absolute Gasteiger partial charge is 0.337 e. The van der Waals surface area contributed by atoms with Crippen LogP contribution in [-0.4, -0.2) is 43.7 Å². The van der Waals surface area contributed by atoms with Crippen LogP contribution in [0.15, 0.2) is 76.7 Å². The summed E-state index contributed by atoms with van der Waals surface area (Å²) in [5.74, 6) is -1.87. The first-order chi connectivity index (χ1) is 16.6. The number of ether oxygens (including phenoxy) is 1. The van der Waals surface area contributed by atoms with Crippen molar-refractivity contribution in [3.8, 4) is 0 Å². The Bertz CT molecular complexity index is 1420. The van der Waals surface area contributed by atoms with Gasteiger partial charge in [-0.3, -0.25) is 20.3 Å². The Morgan fingerprint density at radius 1 is 1.06 bits per heavy atom. The number of hydrazone groups is 1. The highest BCUT2D eigenvalue weighted by Gasteiger charge is 2.24. The van der Waals surface area contributed by atoms with Gasteiger partial charge in [0.15, 0.2) is 0 Å². The quantitative estimate of drug-likeness (QED) is 0.173. The van der Waals surface area contributed by atoms with Gasteiger partial charge in [0.05, 0.1) is 40.7 Å². The standard InChI is InChI=1S/C22H18N4O8S/c1-34-22(29)15-8-6-14(7-9-15)13-23-24-19-11-10-16(26(30)31)12-20(19)35(32,33)25-18-5-3-2-4-17(18)21(27)28/h2-13,24-25H,1H3,(H,27,28)/b23-13-. The Kier molecular flexibility index (Phi) is 7.41. The van der Waals surface area contributed by atoms with Gasteiger partial charge in [0.2, 0.25) is 0 Å². The van der Waals surface area contributed by atoms with E-state index in [0.29, 0.717) is 11.1 Å². The third kappa shape index (κ3) is 5.97. The lowest BCUT2D eigenvalue weighted by molar-refractivity contribution is -0.385. The average molecular weight is 498 g/mol. The molecule has 0 fully saturated rings. The maximum Gasteiger partial charge on any atom is 0.337 e. The molecule has 180 valence electrons. The van der Waals surface area contributed by atoms with Crippen LogP contribution in [0.2, 0.25) is 0 Å². The average Bonchev–Trinajstić information content (AvgIpc) is 2.84. The van der Waals surface area contributed by atoms with Gasteiger partial charge in [-0.15, -0.1) is 0 Å². The number of methoxy groups -OCH3 is 1. The van der Waals surface area contributed by atoms with Gasteiger partial charge in [0, 0.05) is 12.1 Å². The summed E-state index contributed by atoms with van der Waals surface area (Å²) in [5, 5.41) is 24.5. The number of nitro benzene ring substituents is 1. The summed E-state index contributed by atoms with van der Waals surface area (Å²) >= 11 is 0. The molecule has 0 aliphatic carbocycles. The molecule has 3 N–H and O–H groups in total. The number of nitro groups is 1. The number of carbonyl (C=O) groups excluding carboxylic acids is 1. The minimum Gasteiger partial charge on any atom is -0.478 e. The molecule has 35 heavy (non-hydrogen) atoms. The van der Waals surface area contributed by atoms with Gasteiger partial charge in [-0.2, -0.15) is 5.10 Å². The zero-order chi connectivity index (χ0) is 25.6. The molecule has 3 aromatic carbocycles. The molecule has 0 amide bonds. The Morgan fingerprint density at radius 2 is 1.74 bits per heavy atom. The second-order valence-electron chi connectivity index (χ2n) is 6.88. The van der Waals surface area contributed by atoms with E-state index >= 15 is 0 Å². The van der Waals surface area contributed by atoms with Crippen LogP contribution in [0.25, 0.3) is 0 Å². The molecule has 0 bridgehead atoms. The zero-order valence-corrected chi connectivity index (χ0v) is 18.9. The monoisotopic (exact) mass is 498 g/mol. The summed E-state index contributed by atoms with van der Waals surface area (Å²) in [6.07, 6.45) is 1.34. The fourth-order valence-corrected chi connectivity index (χ4v) is 4.15. The molecule has 0 unspecified atom stereocenters. The second kappa shape index (κ2) is 10.4. The third-order valence-electron chi connectivity index (χ3n) is 4.60. The van der Waals surface area contributed by atoms with E-state index in [9.17, 15) is 33.2 Å². The van der Waals surface area contributed by atoms with Crippen LogP contribution >= 0.6 is 0 Å². The number of carbonyl (C=O) groups is 2. The van der Waals surface area contributed by atoms with Gasteiger partial charge >= 0.3 is 11.9 Å². The molecular formula is C22H18N4O8S. The highest BCUT2D eigenvalue weighted by molar-refractivity contribution is 7.93. The Hall–Kier alpha value is -4.78. The first-order valence-electron chi connectivity index (χ1n) is 9.73. The van der Waals surface area contributed by atoms with Crippen molar-refractivity contribution in [2.24, 2.45) is 5.10 Å². The fraction of sp³-hybridized carbons (Fsp3) is 0.0455. The first-order valence-corrected chi connectivity index (χ1v) is 11.2. The lowest BCUT2D eigenvalue weighted by Gasteiger charge is -2.13. The summed E-state index contributed by atoms with van der Waals surface area (Å²) in [6.45, 7) is 0. The van der Waals surface area contributed by atoms with Crippen LogP contribution in [-0.2, 0) is 14.8 Å². The van der Waals surface area contributed by atoms with E-state index in [0.717, 1.165) is 18.2 Å². The summed E-state index contributed by atoms with van der Waals surface area (Å²) < 4.78 is 32.9. The number of anilines is 2. The van der Waals surface area contributed by atoms with E-state index in [1.54, 1.807) is 12.1 Å². The number of hydrogen-bond donors (Lipinski definition) is 3. The van der Waals surface area contributed by atoms with Crippen molar-refractivity contribution in [1.29, 1.82) is 0 Å². The predicted octanol–water partition coefficient (Wildman–Crippen LogP) is 3.33. The highest BCUT2D eigenvalue weighted by Crippen LogP contribution is 2.29. The van der Waals surface area contributed by atoms with Gasteiger partial charge in [0.25, 0.3) is 15.7 Å². The summed E-state index contributed by atoms with van der Waals surface area (Å²) in [4.78, 5) is 32.9. The van der Waals surface area contributed by atoms with Crippen molar-refractivity contribution in [2.75, 3.05) is 17.3 Å². The van der Waals surface area contributed by atoms with Crippen molar-refractivity contribution in [3.05, 3.63) is 93.5 Å². The number of aromatic carboxylic acids is 1. The number of rotatable bonds is 9. The molecule has 0 atom stereocenters. The van der Waals surface area contributed by atoms with E-state index in [4.69, 9.17) is 0 Å². The minimum absolute atomic E-state index is 0.0988. The van der Waals surface area contributed by atoms with E-state index < -0.39 is 37.5 Å². The zero-order valence-electron chi connectivity index (χ0n) is 18.0. The molecule has 0 radical (unpaired) electrons. The van der Waals surface area contributed by atoms with E-state index in [1.807, 2.05) is 0 Å². The largest absolute Gasteiger partial charge is 0.478 e. The fourth-order valence-electron chi connectivity index (χ4n) is 2.90. The van der Waals surface area contributed by atoms with Crippen LogP contribution < -0.4 is 10.1 Å². The van der Waals surface area contributed by atoms with Crippen LogP contribution in [0, 0.1) is 10.1 Å². The van der Waals surface area contributed by atoms with Crippen LogP contribution in [0.3, 0.4) is 0 Å². The molecule has 0 saturated carbocycles. The van der Waals surface area contributed by atoms with Crippen LogP contribution in [0.5, 0.6) is 0 Å². The lowest BCUT2D eigenvalue weighted by atomic mass is 10.1. The summed E-state index contributed by atoms with van der Waals surface area (Å²) in [7, 11) is -3.22. The molecule has 3 aromatic rings. The van der Waals surface area contributed by atoms with Gasteiger partial charge in [0.1, 0.15) is 4.90 Å². The van der Waals surface area contributed by atoms with E-state index in [1.165, 1.54) is 49.7 Å². The van der Waals surface area contributed by atoms with Crippen LogP contribution in [0.1, 0.15) is 26.3 Å². The number of sulfonamides is 1. The number of carboxylic acid groups (broad SMARTS) is 1. The molecular weight excluding hydrogens is 480 g/mol. The van der Waals surface area contributed by atoms with Gasteiger partial charge in [-0.1, -0.05) is 24.3 Å². The number of carboxylic acids is 1. The third-order valence-corrected chi connectivity index (χ3v) is 6.00. The van der Waals surface area contributed by atoms with Crippen molar-refractivity contribution >= 4 is 45.2 Å². The number of nitrogens with one attached hydrogen (secondary N) is 2. The number of esters is 1. The van der Waals surface area contributed by atoms with Crippen molar-refractivity contribution < 1.29 is 32.8 Å². The summed E-state index contributed by atoms with van der Waals surface area (Å²) in [6, 6.07) is 14.6. The SMILES string of the molecule is COC(=O)c1ccc(/C=N\Nc2ccc([N+](=O)[O-])cc2S(=O)(=O)Nc2ccccc2C(=O)O)cc1. The first kappa shape index (κ1) is 24.9. The lowest BCUT2D eigenvalue weighted by Crippen LogP contribution is -2.17. The summed E-state index contributed by atoms with van der Waals surface area (Å²) in [5.41, 5.74) is 2.30. The molecule has 0 aromatic heterocycles. The molecule has 12 nitrogen and oxygen atoms in total. The molecule has 0 aliphatic rings. The number of para-hydroxylation sites is 1. The minimum atomic E-state index is -4.47. The maximum absolute atomic E-state index is 13.1. The molecule has 0 aliphatic heterocycles. The van der Waals surface area contributed by atoms with Gasteiger partial charge in [-0.25, -0.2) is 18.0 Å². The Labute approximate surface area is 199 Å². The number of nitrogens with zero attached hydrogens (tertiary/aromatic N) is 2. The molecule has 0 spiro atoms. The van der Waals surface area contributed by atoms with Crippen molar-refractivity contribution in [1.82, 2.24) is 0 Å². The van der Waals surface area contributed by atoms with Crippen LogP contribution in [0.4, 0.5) is 17.1 Å². The molecule has 3 rings (SSSR count).